The zero-order valence-corrected chi connectivity index (χ0v) is 22.6. The summed E-state index contributed by atoms with van der Waals surface area (Å²) in [5.74, 6) is -0.609. The van der Waals surface area contributed by atoms with Gasteiger partial charge in [-0.25, -0.2) is 4.39 Å². The largest absolute Gasteiger partial charge is 0.343 e. The van der Waals surface area contributed by atoms with Crippen molar-refractivity contribution in [2.75, 3.05) is 38.0 Å². The molecule has 2 saturated heterocycles. The summed E-state index contributed by atoms with van der Waals surface area (Å²) in [5, 5.41) is 3.46. The lowest BCUT2D eigenvalue weighted by atomic mass is 9.95. The lowest BCUT2D eigenvalue weighted by molar-refractivity contribution is -0.132. The van der Waals surface area contributed by atoms with Crippen LogP contribution in [0.15, 0.2) is 48.5 Å². The number of hydrogen-bond donors (Lipinski definition) is 1. The molecule has 4 rings (SSSR count). The first-order valence-corrected chi connectivity index (χ1v) is 13.4. The van der Waals surface area contributed by atoms with Crippen LogP contribution in [-0.4, -0.2) is 71.2 Å². The van der Waals surface area contributed by atoms with Gasteiger partial charge in [-0.15, -0.1) is 0 Å². The van der Waals surface area contributed by atoms with E-state index in [2.05, 4.69) is 10.2 Å². The maximum atomic E-state index is 13.2. The average molecular weight is 541 g/mol. The molecule has 0 aliphatic carbocycles. The van der Waals surface area contributed by atoms with Gasteiger partial charge >= 0.3 is 0 Å². The number of nitrogens with zero attached hydrogens (tertiary/aromatic N) is 3. The molecule has 3 amide bonds. The van der Waals surface area contributed by atoms with E-state index in [1.165, 1.54) is 18.2 Å². The molecule has 202 valence electrons. The summed E-state index contributed by atoms with van der Waals surface area (Å²) < 4.78 is 13.2. The molecule has 7 nitrogen and oxygen atoms in total. The molecule has 38 heavy (non-hydrogen) atoms. The Morgan fingerprint density at radius 1 is 1.05 bits per heavy atom. The Labute approximate surface area is 228 Å². The molecule has 0 bridgehead atoms. The lowest BCUT2D eigenvalue weighted by Gasteiger charge is -2.39. The summed E-state index contributed by atoms with van der Waals surface area (Å²) in [6.07, 6.45) is 4.47. The van der Waals surface area contributed by atoms with Crippen molar-refractivity contribution in [1.29, 1.82) is 0 Å². The Morgan fingerprint density at radius 2 is 1.76 bits per heavy atom. The first kappa shape index (κ1) is 27.8. The highest BCUT2D eigenvalue weighted by Crippen LogP contribution is 2.26. The molecule has 0 spiro atoms. The highest BCUT2D eigenvalue weighted by atomic mass is 35.5. The Kier molecular flexibility index (Phi) is 9.17. The molecular weight excluding hydrogens is 507 g/mol. The average Bonchev–Trinajstić information content (AvgIpc) is 2.89. The number of likely N-dealkylation sites (tertiary alicyclic amines) is 1. The number of halogens is 2. The van der Waals surface area contributed by atoms with Crippen molar-refractivity contribution in [2.24, 2.45) is 5.92 Å². The molecule has 2 aromatic carbocycles. The van der Waals surface area contributed by atoms with Crippen molar-refractivity contribution in [3.63, 3.8) is 0 Å². The number of piperazine rings is 1. The molecule has 1 N–H and O–H groups in total. The Balaban J connectivity index is 1.35. The summed E-state index contributed by atoms with van der Waals surface area (Å²) in [6.45, 7) is 7.46. The van der Waals surface area contributed by atoms with Gasteiger partial charge in [-0.1, -0.05) is 29.8 Å². The number of benzene rings is 2. The van der Waals surface area contributed by atoms with Crippen LogP contribution in [0.4, 0.5) is 10.1 Å². The van der Waals surface area contributed by atoms with Gasteiger partial charge in [-0.3, -0.25) is 19.3 Å². The number of hydrogen-bond acceptors (Lipinski definition) is 4. The van der Waals surface area contributed by atoms with E-state index < -0.39 is 0 Å². The van der Waals surface area contributed by atoms with Gasteiger partial charge in [0, 0.05) is 74.9 Å². The number of rotatable bonds is 6. The van der Waals surface area contributed by atoms with Gasteiger partial charge in [0.05, 0.1) is 0 Å². The Hall–Kier alpha value is -3.23. The van der Waals surface area contributed by atoms with E-state index in [0.717, 1.165) is 18.7 Å². The Morgan fingerprint density at radius 3 is 2.42 bits per heavy atom. The number of carbonyl (C=O) groups is 3. The number of nitrogens with one attached hydrogen (secondary N) is 1. The normalized spacial score (nSPS) is 19.1. The van der Waals surface area contributed by atoms with Gasteiger partial charge in [0.25, 0.3) is 0 Å². The smallest absolute Gasteiger partial charge is 0.246 e. The van der Waals surface area contributed by atoms with Crippen LogP contribution < -0.4 is 5.32 Å². The molecule has 2 fully saturated rings. The summed E-state index contributed by atoms with van der Waals surface area (Å²) in [6, 6.07) is 11.7. The third kappa shape index (κ3) is 7.20. The van der Waals surface area contributed by atoms with E-state index in [0.29, 0.717) is 55.3 Å². The van der Waals surface area contributed by atoms with Crippen LogP contribution in [0, 0.1) is 11.7 Å². The van der Waals surface area contributed by atoms with E-state index in [-0.39, 0.29) is 35.5 Å². The molecular formula is C29H34ClFN4O3. The van der Waals surface area contributed by atoms with Crippen LogP contribution in [0.5, 0.6) is 0 Å². The first-order chi connectivity index (χ1) is 18.2. The quantitative estimate of drug-likeness (QED) is 0.550. The number of amides is 3. The van der Waals surface area contributed by atoms with Gasteiger partial charge < -0.3 is 15.1 Å². The minimum absolute atomic E-state index is 0.0200. The molecule has 2 aliphatic rings. The zero-order chi connectivity index (χ0) is 27.2. The maximum Gasteiger partial charge on any atom is 0.246 e. The minimum atomic E-state index is -0.247. The number of piperidine rings is 1. The van der Waals surface area contributed by atoms with Gasteiger partial charge in [0.1, 0.15) is 5.82 Å². The van der Waals surface area contributed by atoms with Gasteiger partial charge in [-0.2, -0.15) is 0 Å². The van der Waals surface area contributed by atoms with Crippen LogP contribution in [0.1, 0.15) is 37.8 Å². The van der Waals surface area contributed by atoms with E-state index in [1.54, 1.807) is 48.2 Å². The van der Waals surface area contributed by atoms with Gasteiger partial charge in [0.15, 0.2) is 0 Å². The molecule has 1 atom stereocenters. The van der Waals surface area contributed by atoms with E-state index in [4.69, 9.17) is 11.6 Å². The third-order valence-corrected chi connectivity index (χ3v) is 7.54. The summed E-state index contributed by atoms with van der Waals surface area (Å²) >= 11 is 6.21. The minimum Gasteiger partial charge on any atom is -0.343 e. The molecule has 2 aliphatic heterocycles. The topological polar surface area (TPSA) is 73.0 Å². The second-order valence-electron chi connectivity index (χ2n) is 10.1. The van der Waals surface area contributed by atoms with Crippen LogP contribution in [-0.2, 0) is 20.9 Å². The monoisotopic (exact) mass is 540 g/mol. The predicted molar refractivity (Wildman–Crippen MR) is 147 cm³/mol. The fraction of sp³-hybridized carbons (Fsp3) is 0.414. The van der Waals surface area contributed by atoms with Crippen molar-refractivity contribution in [3.8, 4) is 0 Å². The van der Waals surface area contributed by atoms with Crippen molar-refractivity contribution >= 4 is 41.1 Å². The van der Waals surface area contributed by atoms with Crippen LogP contribution in [0.25, 0.3) is 6.08 Å². The van der Waals surface area contributed by atoms with Crippen molar-refractivity contribution in [3.05, 3.63) is 70.5 Å². The summed E-state index contributed by atoms with van der Waals surface area (Å²) in [7, 11) is 0. The first-order valence-electron chi connectivity index (χ1n) is 13.0. The highest BCUT2D eigenvalue weighted by Gasteiger charge is 2.27. The van der Waals surface area contributed by atoms with E-state index in [9.17, 15) is 18.8 Å². The Bertz CT molecular complexity index is 1190. The summed E-state index contributed by atoms with van der Waals surface area (Å²) in [4.78, 5) is 43.4. The van der Waals surface area contributed by atoms with Crippen molar-refractivity contribution < 1.29 is 18.8 Å². The SMILES string of the molecule is CC(=O)N1CCC(C(=O)Nc2cc(Cl)ccc2/C=C/C(=O)N2CCN(Cc3ccc(F)cc3)C[C@H]2C)CC1. The maximum absolute atomic E-state index is 13.2. The third-order valence-electron chi connectivity index (χ3n) is 7.30. The molecule has 0 unspecified atom stereocenters. The van der Waals surface area contributed by atoms with Crippen LogP contribution in [0.3, 0.4) is 0 Å². The molecule has 0 aromatic heterocycles. The standard InChI is InChI=1S/C29H34ClFN4O3/c1-20-18-33(19-22-3-8-26(31)9-4-22)15-16-35(20)28(37)10-6-23-5-7-25(30)17-27(23)32-29(38)24-11-13-34(14-12-24)21(2)36/h3-10,17,20,24H,11-16,18-19H2,1-2H3,(H,32,38)/b10-6+/t20-/m1/s1. The van der Waals surface area contributed by atoms with Gasteiger partial charge in [-0.05, 0) is 61.2 Å². The fourth-order valence-electron chi connectivity index (χ4n) is 5.08. The molecule has 0 saturated carbocycles. The van der Waals surface area contributed by atoms with Crippen molar-refractivity contribution in [1.82, 2.24) is 14.7 Å². The zero-order valence-electron chi connectivity index (χ0n) is 21.8. The van der Waals surface area contributed by atoms with E-state index >= 15 is 0 Å². The fourth-order valence-corrected chi connectivity index (χ4v) is 5.25. The molecule has 0 radical (unpaired) electrons. The lowest BCUT2D eigenvalue weighted by Crippen LogP contribution is -2.53. The van der Waals surface area contributed by atoms with Crippen LogP contribution in [0.2, 0.25) is 5.02 Å². The van der Waals surface area contributed by atoms with E-state index in [1.807, 2.05) is 11.8 Å². The second kappa shape index (κ2) is 12.5. The molecule has 2 aromatic rings. The highest BCUT2D eigenvalue weighted by molar-refractivity contribution is 6.31. The van der Waals surface area contributed by atoms with Crippen molar-refractivity contribution in [2.45, 2.75) is 39.3 Å². The number of anilines is 1. The molecule has 2 heterocycles. The molecule has 9 heteroatoms. The number of carbonyl (C=O) groups excluding carboxylic acids is 3. The van der Waals surface area contributed by atoms with Gasteiger partial charge in [0.2, 0.25) is 17.7 Å². The summed E-state index contributed by atoms with van der Waals surface area (Å²) in [5.41, 5.74) is 2.29. The van der Waals surface area contributed by atoms with Crippen LogP contribution >= 0.6 is 11.6 Å². The predicted octanol–water partition coefficient (Wildman–Crippen LogP) is 4.42. The second-order valence-corrected chi connectivity index (χ2v) is 10.5.